The molecular formula is C33H41Cl2N3O8S. The summed E-state index contributed by atoms with van der Waals surface area (Å²) in [6.45, 7) is 4.76. The van der Waals surface area contributed by atoms with Gasteiger partial charge in [-0.15, -0.1) is 0 Å². The Hall–Kier alpha value is -3.87. The van der Waals surface area contributed by atoms with Crippen LogP contribution in [0.5, 0.6) is 23.0 Å². The number of nitrogens with one attached hydrogen (secondary N) is 1. The van der Waals surface area contributed by atoms with Gasteiger partial charge in [0.15, 0.2) is 11.5 Å². The maximum atomic E-state index is 14.5. The van der Waals surface area contributed by atoms with Crippen molar-refractivity contribution in [2.24, 2.45) is 0 Å². The summed E-state index contributed by atoms with van der Waals surface area (Å²) in [4.78, 5) is 29.2. The van der Waals surface area contributed by atoms with E-state index < -0.39 is 28.5 Å². The zero-order chi connectivity index (χ0) is 34.9. The molecule has 0 bridgehead atoms. The number of hydrogen-bond acceptors (Lipinski definition) is 8. The Morgan fingerprint density at radius 2 is 1.49 bits per heavy atom. The summed E-state index contributed by atoms with van der Waals surface area (Å²) in [5, 5.41) is 3.63. The summed E-state index contributed by atoms with van der Waals surface area (Å²) >= 11 is 12.6. The minimum absolute atomic E-state index is 0.0385. The zero-order valence-corrected chi connectivity index (χ0v) is 29.8. The number of rotatable bonds is 16. The molecule has 0 aromatic heterocycles. The van der Waals surface area contributed by atoms with Crippen LogP contribution in [0.1, 0.15) is 39.2 Å². The van der Waals surface area contributed by atoms with E-state index in [1.165, 1.54) is 69.7 Å². The molecule has 1 N–H and O–H groups in total. The van der Waals surface area contributed by atoms with Crippen molar-refractivity contribution < 1.29 is 37.0 Å². The fourth-order valence-electron chi connectivity index (χ4n) is 4.80. The van der Waals surface area contributed by atoms with Gasteiger partial charge in [0.05, 0.1) is 39.0 Å². The third kappa shape index (κ3) is 8.94. The third-order valence-corrected chi connectivity index (χ3v) is 9.96. The van der Waals surface area contributed by atoms with Crippen molar-refractivity contribution in [1.82, 2.24) is 10.2 Å². The summed E-state index contributed by atoms with van der Waals surface area (Å²) in [6.07, 6.45) is 0.913. The van der Waals surface area contributed by atoms with Crippen molar-refractivity contribution in [3.63, 3.8) is 0 Å². The Bertz CT molecular complexity index is 1670. The van der Waals surface area contributed by atoms with Gasteiger partial charge in [-0.2, -0.15) is 0 Å². The van der Waals surface area contributed by atoms with Crippen molar-refractivity contribution in [2.45, 2.75) is 57.1 Å². The molecule has 256 valence electrons. The van der Waals surface area contributed by atoms with E-state index in [0.29, 0.717) is 28.5 Å². The monoisotopic (exact) mass is 709 g/mol. The Kier molecular flexibility index (Phi) is 13.4. The molecule has 0 saturated heterocycles. The largest absolute Gasteiger partial charge is 0.497 e. The van der Waals surface area contributed by atoms with Crippen molar-refractivity contribution in [3.8, 4) is 23.0 Å². The molecule has 2 atom stereocenters. The molecule has 14 heteroatoms. The van der Waals surface area contributed by atoms with Crippen LogP contribution in [0.2, 0.25) is 10.0 Å². The quantitative estimate of drug-likeness (QED) is 0.194. The molecule has 2 amide bonds. The lowest BCUT2D eigenvalue weighted by molar-refractivity contribution is -0.140. The van der Waals surface area contributed by atoms with E-state index in [-0.39, 0.29) is 52.0 Å². The topological polar surface area (TPSA) is 124 Å². The lowest BCUT2D eigenvalue weighted by Gasteiger charge is -2.34. The van der Waals surface area contributed by atoms with E-state index in [1.807, 2.05) is 13.8 Å². The number of benzene rings is 3. The van der Waals surface area contributed by atoms with Crippen molar-refractivity contribution in [1.29, 1.82) is 0 Å². The summed E-state index contributed by atoms with van der Waals surface area (Å²) in [7, 11) is 1.15. The first kappa shape index (κ1) is 37.6. The first-order valence-corrected chi connectivity index (χ1v) is 17.0. The van der Waals surface area contributed by atoms with E-state index in [0.717, 1.165) is 4.31 Å². The summed E-state index contributed by atoms with van der Waals surface area (Å²) in [6, 6.07) is 12.4. The summed E-state index contributed by atoms with van der Waals surface area (Å²) in [5.74, 6) is -0.0764. The normalized spacial score (nSPS) is 12.4. The molecule has 47 heavy (non-hydrogen) atoms. The lowest BCUT2D eigenvalue weighted by atomic mass is 10.1. The number of amides is 2. The predicted molar refractivity (Wildman–Crippen MR) is 183 cm³/mol. The van der Waals surface area contributed by atoms with Gasteiger partial charge in [-0.3, -0.25) is 13.9 Å². The SMILES string of the molecule is CCC(C)NC(=O)C(CC)N(Cc1ccc(Cl)cc1Cl)C(=O)CN(c1cc(OC)ccc1OC)S(=O)(=O)c1ccc(OC)c(OC)c1. The van der Waals surface area contributed by atoms with Crippen LogP contribution in [0.15, 0.2) is 59.5 Å². The van der Waals surface area contributed by atoms with Crippen LogP contribution in [0.3, 0.4) is 0 Å². The molecule has 3 aromatic carbocycles. The number of nitrogens with zero attached hydrogens (tertiary/aromatic N) is 2. The Balaban J connectivity index is 2.22. The molecule has 11 nitrogen and oxygen atoms in total. The number of hydrogen-bond donors (Lipinski definition) is 1. The van der Waals surface area contributed by atoms with Crippen LogP contribution < -0.4 is 28.6 Å². The summed E-state index contributed by atoms with van der Waals surface area (Å²) in [5.41, 5.74) is 0.559. The molecule has 3 rings (SSSR count). The van der Waals surface area contributed by atoms with Crippen LogP contribution >= 0.6 is 23.2 Å². The predicted octanol–water partition coefficient (Wildman–Crippen LogP) is 5.95. The second kappa shape index (κ2) is 16.8. The average Bonchev–Trinajstić information content (AvgIpc) is 3.06. The van der Waals surface area contributed by atoms with Crippen molar-refractivity contribution in [3.05, 3.63) is 70.2 Å². The summed E-state index contributed by atoms with van der Waals surface area (Å²) < 4.78 is 51.5. The molecule has 0 fully saturated rings. The number of sulfonamides is 1. The molecule has 0 heterocycles. The fraction of sp³-hybridized carbons (Fsp3) is 0.394. The molecule has 0 aliphatic heterocycles. The van der Waals surface area contributed by atoms with Crippen LogP contribution in [-0.2, 0) is 26.2 Å². The first-order valence-electron chi connectivity index (χ1n) is 14.9. The maximum absolute atomic E-state index is 14.5. The first-order chi connectivity index (χ1) is 22.3. The average molecular weight is 711 g/mol. The van der Waals surface area contributed by atoms with Crippen LogP contribution in [0.4, 0.5) is 5.69 Å². The minimum atomic E-state index is -4.49. The molecule has 0 saturated carbocycles. The van der Waals surface area contributed by atoms with Gasteiger partial charge in [-0.25, -0.2) is 8.42 Å². The second-order valence-electron chi connectivity index (χ2n) is 10.6. The highest BCUT2D eigenvalue weighted by Crippen LogP contribution is 2.38. The molecule has 3 aromatic rings. The van der Waals surface area contributed by atoms with Gasteiger partial charge >= 0.3 is 0 Å². The number of ether oxygens (including phenoxy) is 4. The van der Waals surface area contributed by atoms with Gasteiger partial charge < -0.3 is 29.2 Å². The highest BCUT2D eigenvalue weighted by atomic mass is 35.5. The van der Waals surface area contributed by atoms with E-state index in [9.17, 15) is 18.0 Å². The van der Waals surface area contributed by atoms with E-state index >= 15 is 0 Å². The smallest absolute Gasteiger partial charge is 0.265 e. The van der Waals surface area contributed by atoms with Crippen molar-refractivity contribution >= 4 is 50.7 Å². The van der Waals surface area contributed by atoms with Crippen LogP contribution in [-0.4, -0.2) is 72.2 Å². The van der Waals surface area contributed by atoms with Gasteiger partial charge in [0.25, 0.3) is 10.0 Å². The highest BCUT2D eigenvalue weighted by Gasteiger charge is 2.36. The van der Waals surface area contributed by atoms with Gasteiger partial charge in [-0.1, -0.05) is 43.1 Å². The van der Waals surface area contributed by atoms with E-state index in [4.69, 9.17) is 42.1 Å². The Morgan fingerprint density at radius 3 is 2.06 bits per heavy atom. The van der Waals surface area contributed by atoms with Crippen molar-refractivity contribution in [2.75, 3.05) is 39.3 Å². The van der Waals surface area contributed by atoms with E-state index in [2.05, 4.69) is 5.32 Å². The standard InChI is InChI=1S/C33H41Cl2N3O8S/c1-8-21(3)36-33(40)27(9-2)37(19-22-10-11-23(34)16-26(22)35)32(39)20-38(28-17-24(43-4)12-14-29(28)44-5)47(41,42)25-13-15-30(45-6)31(18-25)46-7/h10-18,21,27H,8-9,19-20H2,1-7H3,(H,36,40). The Labute approximate surface area is 286 Å². The Morgan fingerprint density at radius 1 is 0.830 bits per heavy atom. The second-order valence-corrected chi connectivity index (χ2v) is 13.3. The number of anilines is 1. The zero-order valence-electron chi connectivity index (χ0n) is 27.5. The van der Waals surface area contributed by atoms with Gasteiger partial charge in [-0.05, 0) is 61.7 Å². The third-order valence-electron chi connectivity index (χ3n) is 7.62. The molecular weight excluding hydrogens is 669 g/mol. The van der Waals surface area contributed by atoms with Crippen LogP contribution in [0, 0.1) is 0 Å². The number of methoxy groups -OCH3 is 4. The number of halogens is 2. The lowest BCUT2D eigenvalue weighted by Crippen LogP contribution is -2.53. The molecule has 0 aliphatic carbocycles. The highest BCUT2D eigenvalue weighted by molar-refractivity contribution is 7.92. The fourth-order valence-corrected chi connectivity index (χ4v) is 6.70. The number of carbonyl (C=O) groups is 2. The minimum Gasteiger partial charge on any atom is -0.497 e. The van der Waals surface area contributed by atoms with Crippen LogP contribution in [0.25, 0.3) is 0 Å². The van der Waals surface area contributed by atoms with Gasteiger partial charge in [0.1, 0.15) is 24.1 Å². The molecule has 0 radical (unpaired) electrons. The number of carbonyl (C=O) groups excluding carboxylic acids is 2. The molecule has 2 unspecified atom stereocenters. The van der Waals surface area contributed by atoms with Gasteiger partial charge in [0.2, 0.25) is 11.8 Å². The van der Waals surface area contributed by atoms with Gasteiger partial charge in [0, 0.05) is 34.8 Å². The molecule has 0 aliphatic rings. The molecule has 0 spiro atoms. The maximum Gasteiger partial charge on any atom is 0.265 e. The van der Waals surface area contributed by atoms with E-state index in [1.54, 1.807) is 25.1 Å².